The summed E-state index contributed by atoms with van der Waals surface area (Å²) < 4.78 is 2.12. The van der Waals surface area contributed by atoms with Crippen LogP contribution in [0, 0.1) is 6.92 Å². The number of nitrogens with zero attached hydrogens (tertiary/aromatic N) is 2. The largest absolute Gasteiger partial charge is 0.337 e. The van der Waals surface area contributed by atoms with Crippen LogP contribution in [0.3, 0.4) is 0 Å². The van der Waals surface area contributed by atoms with Gasteiger partial charge in [0.2, 0.25) is 0 Å². The summed E-state index contributed by atoms with van der Waals surface area (Å²) >= 11 is 0. The first-order chi connectivity index (χ1) is 12.5. The number of anilines is 1. The van der Waals surface area contributed by atoms with Crippen molar-refractivity contribution in [2.24, 2.45) is 0 Å². The SMILES string of the molecule is CCCn1c(C(=O)Nc2ccc(C)cc2CN(C)C)cc2ccccc21. The summed E-state index contributed by atoms with van der Waals surface area (Å²) in [6, 6.07) is 16.3. The molecule has 4 nitrogen and oxygen atoms in total. The van der Waals surface area contributed by atoms with Crippen molar-refractivity contribution in [1.82, 2.24) is 9.47 Å². The standard InChI is InChI=1S/C22H27N3O/c1-5-12-25-20-9-7-6-8-17(20)14-21(25)22(26)23-19-11-10-16(2)13-18(19)15-24(3)4/h6-11,13-14H,5,12,15H2,1-4H3,(H,23,26). The number of amides is 1. The van der Waals surface area contributed by atoms with E-state index in [1.807, 2.05) is 44.4 Å². The topological polar surface area (TPSA) is 37.3 Å². The van der Waals surface area contributed by atoms with Crippen molar-refractivity contribution in [3.05, 3.63) is 65.4 Å². The Morgan fingerprint density at radius 2 is 1.88 bits per heavy atom. The molecule has 136 valence electrons. The first-order valence-corrected chi connectivity index (χ1v) is 9.13. The molecule has 0 fully saturated rings. The Morgan fingerprint density at radius 1 is 1.12 bits per heavy atom. The van der Waals surface area contributed by atoms with Crippen LogP contribution in [0.4, 0.5) is 5.69 Å². The number of carbonyl (C=O) groups is 1. The Bertz CT molecular complexity index is 924. The first-order valence-electron chi connectivity index (χ1n) is 9.13. The lowest BCUT2D eigenvalue weighted by Gasteiger charge is -2.16. The highest BCUT2D eigenvalue weighted by Crippen LogP contribution is 2.23. The molecule has 0 aliphatic rings. The predicted octanol–water partition coefficient (Wildman–Crippen LogP) is 4.67. The minimum absolute atomic E-state index is 0.0569. The molecule has 0 radical (unpaired) electrons. The summed E-state index contributed by atoms with van der Waals surface area (Å²) in [6.07, 6.45) is 0.982. The summed E-state index contributed by atoms with van der Waals surface area (Å²) in [4.78, 5) is 15.2. The van der Waals surface area contributed by atoms with Crippen LogP contribution >= 0.6 is 0 Å². The maximum atomic E-state index is 13.1. The summed E-state index contributed by atoms with van der Waals surface area (Å²) in [5.41, 5.74) is 5.02. The number of aryl methyl sites for hydroxylation is 2. The third-order valence-corrected chi connectivity index (χ3v) is 4.49. The van der Waals surface area contributed by atoms with Crippen LogP contribution in [-0.2, 0) is 13.1 Å². The highest BCUT2D eigenvalue weighted by Gasteiger charge is 2.16. The summed E-state index contributed by atoms with van der Waals surface area (Å²) in [6.45, 7) is 5.82. The Balaban J connectivity index is 1.96. The number of para-hydroxylation sites is 1. The number of nitrogens with one attached hydrogen (secondary N) is 1. The van der Waals surface area contributed by atoms with Crippen LogP contribution in [0.1, 0.15) is 35.0 Å². The Morgan fingerprint density at radius 3 is 2.62 bits per heavy atom. The minimum atomic E-state index is -0.0569. The van der Waals surface area contributed by atoms with Gasteiger partial charge in [-0.3, -0.25) is 4.79 Å². The second-order valence-corrected chi connectivity index (χ2v) is 7.09. The van der Waals surface area contributed by atoms with Crippen molar-refractivity contribution in [2.45, 2.75) is 33.4 Å². The van der Waals surface area contributed by atoms with Crippen LogP contribution in [-0.4, -0.2) is 29.5 Å². The van der Waals surface area contributed by atoms with Crippen molar-refractivity contribution in [3.63, 3.8) is 0 Å². The number of rotatable bonds is 6. The average Bonchev–Trinajstić information content (AvgIpc) is 2.96. The maximum Gasteiger partial charge on any atom is 0.272 e. The summed E-state index contributed by atoms with van der Waals surface area (Å²) in [5.74, 6) is -0.0569. The van der Waals surface area contributed by atoms with Gasteiger partial charge in [-0.2, -0.15) is 0 Å². The molecule has 1 aromatic heterocycles. The molecule has 0 saturated heterocycles. The third kappa shape index (κ3) is 3.81. The zero-order valence-electron chi connectivity index (χ0n) is 16.0. The van der Waals surface area contributed by atoms with E-state index in [2.05, 4.69) is 46.8 Å². The molecule has 4 heteroatoms. The van der Waals surface area contributed by atoms with Crippen LogP contribution in [0.5, 0.6) is 0 Å². The molecule has 2 aromatic carbocycles. The molecular weight excluding hydrogens is 322 g/mol. The normalized spacial score (nSPS) is 11.3. The van der Waals surface area contributed by atoms with E-state index >= 15 is 0 Å². The molecule has 0 aliphatic heterocycles. The molecule has 0 saturated carbocycles. The highest BCUT2D eigenvalue weighted by molar-refractivity contribution is 6.06. The van der Waals surface area contributed by atoms with Crippen molar-refractivity contribution in [3.8, 4) is 0 Å². The Kier molecular flexibility index (Phi) is 5.43. The van der Waals surface area contributed by atoms with E-state index in [0.29, 0.717) is 5.69 Å². The molecule has 1 N–H and O–H groups in total. The van der Waals surface area contributed by atoms with E-state index in [9.17, 15) is 4.79 Å². The zero-order valence-corrected chi connectivity index (χ0v) is 16.0. The number of fused-ring (bicyclic) bond motifs is 1. The van der Waals surface area contributed by atoms with Crippen molar-refractivity contribution >= 4 is 22.5 Å². The predicted molar refractivity (Wildman–Crippen MR) is 109 cm³/mol. The molecule has 3 aromatic rings. The van der Waals surface area contributed by atoms with Gasteiger partial charge >= 0.3 is 0 Å². The third-order valence-electron chi connectivity index (χ3n) is 4.49. The van der Waals surface area contributed by atoms with Crippen LogP contribution in [0.2, 0.25) is 0 Å². The quantitative estimate of drug-likeness (QED) is 0.702. The lowest BCUT2D eigenvalue weighted by atomic mass is 10.1. The van der Waals surface area contributed by atoms with E-state index < -0.39 is 0 Å². The van der Waals surface area contributed by atoms with Gasteiger partial charge in [-0.05, 0) is 51.2 Å². The summed E-state index contributed by atoms with van der Waals surface area (Å²) in [7, 11) is 4.07. The van der Waals surface area contributed by atoms with E-state index in [4.69, 9.17) is 0 Å². The fourth-order valence-electron chi connectivity index (χ4n) is 3.37. The lowest BCUT2D eigenvalue weighted by molar-refractivity contribution is 0.101. The van der Waals surface area contributed by atoms with E-state index in [-0.39, 0.29) is 5.91 Å². The zero-order chi connectivity index (χ0) is 18.7. The van der Waals surface area contributed by atoms with Gasteiger partial charge in [0.15, 0.2) is 0 Å². The van der Waals surface area contributed by atoms with Crippen LogP contribution in [0.15, 0.2) is 48.5 Å². The molecule has 0 unspecified atom stereocenters. The van der Waals surface area contributed by atoms with E-state index in [0.717, 1.165) is 41.7 Å². The fraction of sp³-hybridized carbons (Fsp3) is 0.318. The average molecular weight is 349 g/mol. The van der Waals surface area contributed by atoms with Gasteiger partial charge in [0.05, 0.1) is 0 Å². The molecule has 0 aliphatic carbocycles. The van der Waals surface area contributed by atoms with Crippen molar-refractivity contribution < 1.29 is 4.79 Å². The molecule has 3 rings (SSSR count). The van der Waals surface area contributed by atoms with Crippen LogP contribution in [0.25, 0.3) is 10.9 Å². The van der Waals surface area contributed by atoms with E-state index in [1.165, 1.54) is 5.56 Å². The Hall–Kier alpha value is -2.59. The van der Waals surface area contributed by atoms with Gasteiger partial charge in [0.25, 0.3) is 5.91 Å². The van der Waals surface area contributed by atoms with Gasteiger partial charge in [0.1, 0.15) is 5.69 Å². The highest BCUT2D eigenvalue weighted by atomic mass is 16.1. The van der Waals surface area contributed by atoms with Crippen LogP contribution < -0.4 is 5.32 Å². The van der Waals surface area contributed by atoms with Crippen molar-refractivity contribution in [2.75, 3.05) is 19.4 Å². The van der Waals surface area contributed by atoms with Crippen molar-refractivity contribution in [1.29, 1.82) is 0 Å². The molecule has 0 bridgehead atoms. The Labute approximate surface area is 155 Å². The molecule has 1 amide bonds. The lowest BCUT2D eigenvalue weighted by Crippen LogP contribution is -2.19. The molecule has 1 heterocycles. The first kappa shape index (κ1) is 18.2. The number of aromatic nitrogens is 1. The number of carbonyl (C=O) groups excluding carboxylic acids is 1. The van der Waals surface area contributed by atoms with Gasteiger partial charge < -0.3 is 14.8 Å². The maximum absolute atomic E-state index is 13.1. The van der Waals surface area contributed by atoms with Gasteiger partial charge in [-0.1, -0.05) is 42.8 Å². The summed E-state index contributed by atoms with van der Waals surface area (Å²) in [5, 5.41) is 4.23. The smallest absolute Gasteiger partial charge is 0.272 e. The van der Waals surface area contributed by atoms with E-state index in [1.54, 1.807) is 0 Å². The number of benzene rings is 2. The minimum Gasteiger partial charge on any atom is -0.337 e. The van der Waals surface area contributed by atoms with Gasteiger partial charge in [0, 0.05) is 29.7 Å². The second-order valence-electron chi connectivity index (χ2n) is 7.09. The number of hydrogen-bond donors (Lipinski definition) is 1. The molecule has 0 atom stereocenters. The van der Waals surface area contributed by atoms with Gasteiger partial charge in [-0.25, -0.2) is 0 Å². The van der Waals surface area contributed by atoms with Gasteiger partial charge in [-0.15, -0.1) is 0 Å². The monoisotopic (exact) mass is 349 g/mol. The molecular formula is C22H27N3O. The number of hydrogen-bond acceptors (Lipinski definition) is 2. The molecule has 26 heavy (non-hydrogen) atoms. The fourth-order valence-corrected chi connectivity index (χ4v) is 3.37. The molecule has 0 spiro atoms. The second kappa shape index (κ2) is 7.75.